The molecule has 0 radical (unpaired) electrons. The van der Waals surface area contributed by atoms with Crippen molar-refractivity contribution in [2.75, 3.05) is 25.2 Å². The molecule has 0 spiro atoms. The lowest BCUT2D eigenvalue weighted by Gasteiger charge is -2.27. The molecular weight excluding hydrogens is 468 g/mol. The molecule has 6 nitrogen and oxygen atoms in total. The van der Waals surface area contributed by atoms with Crippen molar-refractivity contribution in [1.29, 1.82) is 0 Å². The van der Waals surface area contributed by atoms with Gasteiger partial charge in [0, 0.05) is 23.3 Å². The van der Waals surface area contributed by atoms with Crippen LogP contribution in [0.2, 0.25) is 0 Å². The summed E-state index contributed by atoms with van der Waals surface area (Å²) in [5.41, 5.74) is 4.70. The Morgan fingerprint density at radius 1 is 1.21 bits per heavy atom. The number of amides is 1. The molecule has 5 rings (SSSR count). The molecule has 2 aliphatic heterocycles. The van der Waals surface area contributed by atoms with Crippen molar-refractivity contribution >= 4 is 57.6 Å². The zero-order valence-corrected chi connectivity index (χ0v) is 20.8. The van der Waals surface area contributed by atoms with E-state index in [1.165, 1.54) is 40.0 Å². The predicted molar refractivity (Wildman–Crippen MR) is 138 cm³/mol. The molecule has 0 aromatic heterocycles. The summed E-state index contributed by atoms with van der Waals surface area (Å²) in [5, 5.41) is 0. The van der Waals surface area contributed by atoms with Crippen LogP contribution < -0.4 is 9.64 Å². The lowest BCUT2D eigenvalue weighted by molar-refractivity contribution is -0.145. The van der Waals surface area contributed by atoms with Gasteiger partial charge < -0.3 is 14.4 Å². The molecule has 34 heavy (non-hydrogen) atoms. The van der Waals surface area contributed by atoms with Gasteiger partial charge in [0.05, 0.1) is 18.6 Å². The molecule has 8 heteroatoms. The molecule has 1 saturated carbocycles. The molecule has 0 bridgehead atoms. The molecule has 2 unspecified atom stereocenters. The molecule has 2 atom stereocenters. The van der Waals surface area contributed by atoms with Crippen molar-refractivity contribution in [3.63, 3.8) is 0 Å². The molecule has 3 aliphatic rings. The number of esters is 1. The maximum atomic E-state index is 12.9. The molecule has 1 amide bonds. The highest BCUT2D eigenvalue weighted by atomic mass is 32.2. The maximum Gasteiger partial charge on any atom is 0.326 e. The average Bonchev–Trinajstić information content (AvgIpc) is 3.49. The lowest BCUT2D eigenvalue weighted by atomic mass is 9.96. The SMILES string of the molecule is CCOC(=O)CN1C(=O)/C(=C\c2ccc3c(c2)C2CCCC2N3c2ccc(OC)cc2)SC1=S. The topological polar surface area (TPSA) is 59.1 Å². The van der Waals surface area contributed by atoms with Crippen LogP contribution in [0.4, 0.5) is 11.4 Å². The smallest absolute Gasteiger partial charge is 0.326 e. The minimum absolute atomic E-state index is 0.152. The zero-order chi connectivity index (χ0) is 23.8. The second-order valence-electron chi connectivity index (χ2n) is 8.56. The van der Waals surface area contributed by atoms with Crippen LogP contribution in [0.25, 0.3) is 6.08 Å². The van der Waals surface area contributed by atoms with Crippen molar-refractivity contribution in [2.24, 2.45) is 0 Å². The third-order valence-electron chi connectivity index (χ3n) is 6.64. The summed E-state index contributed by atoms with van der Waals surface area (Å²) in [5.74, 6) is 0.621. The summed E-state index contributed by atoms with van der Waals surface area (Å²) in [7, 11) is 1.68. The maximum absolute atomic E-state index is 12.9. The fourth-order valence-electron chi connectivity index (χ4n) is 5.17. The van der Waals surface area contributed by atoms with E-state index < -0.39 is 5.97 Å². The van der Waals surface area contributed by atoms with Gasteiger partial charge in [-0.15, -0.1) is 0 Å². The van der Waals surface area contributed by atoms with Gasteiger partial charge in [0.15, 0.2) is 0 Å². The number of ether oxygens (including phenoxy) is 2. The summed E-state index contributed by atoms with van der Waals surface area (Å²) in [6.45, 7) is 1.86. The number of methoxy groups -OCH3 is 1. The van der Waals surface area contributed by atoms with Gasteiger partial charge >= 0.3 is 5.97 Å². The second-order valence-corrected chi connectivity index (χ2v) is 10.2. The van der Waals surface area contributed by atoms with E-state index in [1.807, 2.05) is 24.3 Å². The van der Waals surface area contributed by atoms with Crippen LogP contribution in [0, 0.1) is 0 Å². The van der Waals surface area contributed by atoms with E-state index in [9.17, 15) is 9.59 Å². The fourth-order valence-corrected chi connectivity index (χ4v) is 6.42. The lowest BCUT2D eigenvalue weighted by Crippen LogP contribution is -2.34. The van der Waals surface area contributed by atoms with Crippen LogP contribution >= 0.6 is 24.0 Å². The van der Waals surface area contributed by atoms with Gasteiger partial charge in [0.2, 0.25) is 0 Å². The molecule has 2 aromatic carbocycles. The van der Waals surface area contributed by atoms with Crippen LogP contribution in [-0.4, -0.2) is 47.4 Å². The van der Waals surface area contributed by atoms with Crippen LogP contribution in [0.1, 0.15) is 43.2 Å². The summed E-state index contributed by atoms with van der Waals surface area (Å²) in [6, 6.07) is 15.1. The Morgan fingerprint density at radius 3 is 2.74 bits per heavy atom. The monoisotopic (exact) mass is 494 g/mol. The molecule has 176 valence electrons. The molecule has 2 aromatic rings. The van der Waals surface area contributed by atoms with Crippen LogP contribution in [0.3, 0.4) is 0 Å². The van der Waals surface area contributed by atoms with E-state index in [-0.39, 0.29) is 19.1 Å². The van der Waals surface area contributed by atoms with Gasteiger partial charge in [-0.2, -0.15) is 0 Å². The van der Waals surface area contributed by atoms with Crippen molar-refractivity contribution in [3.8, 4) is 5.75 Å². The zero-order valence-electron chi connectivity index (χ0n) is 19.2. The summed E-state index contributed by atoms with van der Waals surface area (Å²) in [4.78, 5) is 29.0. The molecule has 1 saturated heterocycles. The number of carbonyl (C=O) groups excluding carboxylic acids is 2. The van der Waals surface area contributed by atoms with Crippen LogP contribution in [-0.2, 0) is 14.3 Å². The van der Waals surface area contributed by atoms with Gasteiger partial charge in [-0.1, -0.05) is 36.5 Å². The van der Waals surface area contributed by atoms with Gasteiger partial charge in [-0.05, 0) is 73.4 Å². The van der Waals surface area contributed by atoms with Crippen molar-refractivity contribution in [2.45, 2.75) is 38.1 Å². The third-order valence-corrected chi connectivity index (χ3v) is 8.01. The highest BCUT2D eigenvalue weighted by Gasteiger charge is 2.42. The number of fused-ring (bicyclic) bond motifs is 3. The third kappa shape index (κ3) is 4.09. The van der Waals surface area contributed by atoms with Crippen LogP contribution in [0.5, 0.6) is 5.75 Å². The Bertz CT molecular complexity index is 1180. The Labute approximate surface area is 208 Å². The average molecular weight is 495 g/mol. The Balaban J connectivity index is 1.42. The number of thioether (sulfide) groups is 1. The Morgan fingerprint density at radius 2 is 2.00 bits per heavy atom. The van der Waals surface area contributed by atoms with E-state index >= 15 is 0 Å². The number of hydrogen-bond donors (Lipinski definition) is 0. The summed E-state index contributed by atoms with van der Waals surface area (Å²) in [6.07, 6.45) is 5.41. The quantitative estimate of drug-likeness (QED) is 0.309. The highest BCUT2D eigenvalue weighted by molar-refractivity contribution is 8.26. The van der Waals surface area contributed by atoms with Crippen LogP contribution in [0.15, 0.2) is 47.4 Å². The summed E-state index contributed by atoms with van der Waals surface area (Å²) < 4.78 is 10.7. The van der Waals surface area contributed by atoms with Gasteiger partial charge in [0.25, 0.3) is 5.91 Å². The first-order valence-electron chi connectivity index (χ1n) is 11.5. The number of rotatable bonds is 6. The summed E-state index contributed by atoms with van der Waals surface area (Å²) >= 11 is 6.57. The van der Waals surface area contributed by atoms with E-state index in [0.29, 0.717) is 21.2 Å². The second kappa shape index (κ2) is 9.43. The van der Waals surface area contributed by atoms with E-state index in [2.05, 4.69) is 29.2 Å². The van der Waals surface area contributed by atoms with Crippen molar-refractivity contribution < 1.29 is 19.1 Å². The number of anilines is 2. The first-order chi connectivity index (χ1) is 16.5. The number of benzene rings is 2. The largest absolute Gasteiger partial charge is 0.497 e. The molecule has 2 fully saturated rings. The molecule has 1 aliphatic carbocycles. The van der Waals surface area contributed by atoms with E-state index in [1.54, 1.807) is 14.0 Å². The highest BCUT2D eigenvalue weighted by Crippen LogP contribution is 2.52. The molecule has 0 N–H and O–H groups in total. The van der Waals surface area contributed by atoms with Gasteiger partial charge in [0.1, 0.15) is 16.6 Å². The van der Waals surface area contributed by atoms with Gasteiger partial charge in [-0.25, -0.2) is 0 Å². The minimum Gasteiger partial charge on any atom is -0.497 e. The molecular formula is C26H26N2O4S2. The number of nitrogens with zero attached hydrogens (tertiary/aromatic N) is 2. The standard InChI is InChI=1S/C26H26N2O4S2/c1-3-32-24(29)15-27-25(30)23(34-26(27)33)14-16-7-12-22-20(13-16)19-5-4-6-21(19)28(22)17-8-10-18(31-2)11-9-17/h7-14,19,21H,3-6,15H2,1-2H3/b23-14+. The number of thiocarbonyl (C=S) groups is 1. The number of carbonyl (C=O) groups is 2. The first kappa shape index (κ1) is 22.9. The van der Waals surface area contributed by atoms with Crippen molar-refractivity contribution in [1.82, 2.24) is 4.90 Å². The first-order valence-corrected chi connectivity index (χ1v) is 12.7. The van der Waals surface area contributed by atoms with E-state index in [4.69, 9.17) is 21.7 Å². The van der Waals surface area contributed by atoms with E-state index in [0.717, 1.165) is 24.2 Å². The van der Waals surface area contributed by atoms with Crippen molar-refractivity contribution in [3.05, 3.63) is 58.5 Å². The van der Waals surface area contributed by atoms with Gasteiger partial charge in [-0.3, -0.25) is 14.5 Å². The normalized spacial score (nSPS) is 22.4. The minimum atomic E-state index is -0.455. The predicted octanol–water partition coefficient (Wildman–Crippen LogP) is 5.25. The Hall–Kier alpha value is -2.84. The fraction of sp³-hybridized carbons (Fsp3) is 0.346. The Kier molecular flexibility index (Phi) is 6.36. The molecule has 2 heterocycles. The number of hydrogen-bond acceptors (Lipinski definition) is 7.